The lowest BCUT2D eigenvalue weighted by molar-refractivity contribution is 0.0815. The molecule has 0 aromatic carbocycles. The molecule has 0 amide bonds. The van der Waals surface area contributed by atoms with Crippen molar-refractivity contribution < 1.29 is 9.31 Å². The summed E-state index contributed by atoms with van der Waals surface area (Å²) in [6, 6.07) is 2.06. The zero-order valence-corrected chi connectivity index (χ0v) is 11.4. The first kappa shape index (κ1) is 12.7. The molecule has 1 fully saturated rings. The van der Waals surface area contributed by atoms with Crippen LogP contribution in [0.25, 0.3) is 0 Å². The van der Waals surface area contributed by atoms with Crippen molar-refractivity contribution in [1.29, 1.82) is 0 Å². The summed E-state index contributed by atoms with van der Waals surface area (Å²) in [5.74, 6) is 0.965. The molecule has 0 N–H and O–H groups in total. The maximum Gasteiger partial charge on any atom is 0.496 e. The Morgan fingerprint density at radius 1 is 1.12 bits per heavy atom. The molecule has 0 spiro atoms. The van der Waals surface area contributed by atoms with E-state index in [1.54, 1.807) is 0 Å². The predicted molar refractivity (Wildman–Crippen MR) is 70.2 cm³/mol. The van der Waals surface area contributed by atoms with Crippen molar-refractivity contribution in [2.24, 2.45) is 18.9 Å². The molecule has 4 heteroatoms. The Kier molecular flexibility index (Phi) is 3.64. The van der Waals surface area contributed by atoms with Gasteiger partial charge >= 0.3 is 7.12 Å². The van der Waals surface area contributed by atoms with Gasteiger partial charge < -0.3 is 13.9 Å². The van der Waals surface area contributed by atoms with E-state index in [-0.39, 0.29) is 19.3 Å². The number of hydrogen-bond donors (Lipinski definition) is 0. The summed E-state index contributed by atoms with van der Waals surface area (Å²) in [5, 5.41) is 0. The van der Waals surface area contributed by atoms with E-state index in [0.29, 0.717) is 11.8 Å². The fraction of sp³-hybridized carbons (Fsp3) is 0.692. The lowest BCUT2D eigenvalue weighted by Gasteiger charge is -2.24. The van der Waals surface area contributed by atoms with E-state index in [1.165, 1.54) is 0 Å². The molecule has 0 saturated carbocycles. The Balaban J connectivity index is 2.14. The molecule has 0 radical (unpaired) electrons. The van der Waals surface area contributed by atoms with Gasteiger partial charge in [-0.2, -0.15) is 0 Å². The average Bonchev–Trinajstić information content (AvgIpc) is 2.82. The zero-order chi connectivity index (χ0) is 12.6. The number of rotatable bonds is 3. The fourth-order valence-corrected chi connectivity index (χ4v) is 2.37. The van der Waals surface area contributed by atoms with E-state index in [1.807, 2.05) is 17.8 Å². The molecule has 2 atom stereocenters. The van der Waals surface area contributed by atoms with Gasteiger partial charge in [0.1, 0.15) is 0 Å². The minimum atomic E-state index is -0.198. The summed E-state index contributed by atoms with van der Waals surface area (Å²) < 4.78 is 14.1. The minimum Gasteiger partial charge on any atom is -0.402 e. The summed E-state index contributed by atoms with van der Waals surface area (Å²) in [4.78, 5) is 0. The molecule has 1 aliphatic rings. The van der Waals surface area contributed by atoms with Gasteiger partial charge in [-0.3, -0.25) is 0 Å². The van der Waals surface area contributed by atoms with Crippen molar-refractivity contribution in [3.05, 3.63) is 18.5 Å². The van der Waals surface area contributed by atoms with Crippen LogP contribution in [-0.2, 0) is 16.4 Å². The third-order valence-corrected chi connectivity index (χ3v) is 3.33. The summed E-state index contributed by atoms with van der Waals surface area (Å²) in [7, 11) is 1.81. The molecule has 0 bridgehead atoms. The minimum absolute atomic E-state index is 0.195. The molecule has 1 aromatic rings. The highest BCUT2D eigenvalue weighted by Crippen LogP contribution is 2.27. The highest BCUT2D eigenvalue weighted by molar-refractivity contribution is 6.61. The molecule has 1 aliphatic heterocycles. The average molecular weight is 235 g/mol. The van der Waals surface area contributed by atoms with Gasteiger partial charge in [0.25, 0.3) is 0 Å². The van der Waals surface area contributed by atoms with Gasteiger partial charge in [-0.15, -0.1) is 0 Å². The highest BCUT2D eigenvalue weighted by atomic mass is 16.7. The first-order valence-electron chi connectivity index (χ1n) is 6.42. The van der Waals surface area contributed by atoms with Crippen LogP contribution in [0.5, 0.6) is 0 Å². The molecule has 1 aromatic heterocycles. The van der Waals surface area contributed by atoms with E-state index >= 15 is 0 Å². The Bertz CT molecular complexity index is 359. The second-order valence-electron chi connectivity index (χ2n) is 5.63. The molecular formula is C13H22BNO2. The smallest absolute Gasteiger partial charge is 0.402 e. The van der Waals surface area contributed by atoms with Gasteiger partial charge in [0.2, 0.25) is 0 Å². The van der Waals surface area contributed by atoms with Crippen molar-refractivity contribution in [3.8, 4) is 0 Å². The zero-order valence-electron chi connectivity index (χ0n) is 11.4. The van der Waals surface area contributed by atoms with E-state index in [0.717, 1.165) is 5.46 Å². The molecule has 1 saturated heterocycles. The first-order valence-corrected chi connectivity index (χ1v) is 6.42. The monoisotopic (exact) mass is 235 g/mol. The van der Waals surface area contributed by atoms with Gasteiger partial charge in [0, 0.05) is 24.9 Å². The maximum absolute atomic E-state index is 6.06. The normalized spacial score (nSPS) is 25.2. The predicted octanol–water partition coefficient (Wildman–Crippen LogP) is 1.82. The lowest BCUT2D eigenvalue weighted by atomic mass is 9.81. The van der Waals surface area contributed by atoms with Gasteiger partial charge in [0.15, 0.2) is 0 Å². The van der Waals surface area contributed by atoms with E-state index < -0.39 is 0 Å². The number of nitrogens with zero attached hydrogens (tertiary/aromatic N) is 1. The van der Waals surface area contributed by atoms with Crippen LogP contribution in [0.1, 0.15) is 27.7 Å². The summed E-state index contributed by atoms with van der Waals surface area (Å²) >= 11 is 0. The van der Waals surface area contributed by atoms with Crippen LogP contribution in [0.2, 0.25) is 0 Å². The molecule has 17 heavy (non-hydrogen) atoms. The largest absolute Gasteiger partial charge is 0.496 e. The number of aromatic nitrogens is 1. The highest BCUT2D eigenvalue weighted by Gasteiger charge is 2.43. The van der Waals surface area contributed by atoms with Gasteiger partial charge in [-0.1, -0.05) is 27.7 Å². The van der Waals surface area contributed by atoms with E-state index in [2.05, 4.69) is 40.0 Å². The third-order valence-electron chi connectivity index (χ3n) is 3.33. The van der Waals surface area contributed by atoms with Crippen LogP contribution in [0.4, 0.5) is 0 Å². The second kappa shape index (κ2) is 4.87. The molecule has 2 rings (SSSR count). The summed E-state index contributed by atoms with van der Waals surface area (Å²) in [6.45, 7) is 8.76. The standard InChI is InChI=1S/C13H22BNO2/c1-9(2)12-13(10(3)4)17-14(16-12)11-6-7-15(5)8-11/h6-10,12-13H,1-5H3. The van der Waals surface area contributed by atoms with Crippen LogP contribution >= 0.6 is 0 Å². The quantitative estimate of drug-likeness (QED) is 0.746. The fourth-order valence-electron chi connectivity index (χ4n) is 2.37. The van der Waals surface area contributed by atoms with Crippen molar-refractivity contribution >= 4 is 12.6 Å². The van der Waals surface area contributed by atoms with Gasteiger partial charge in [-0.25, -0.2) is 0 Å². The van der Waals surface area contributed by atoms with Gasteiger partial charge in [0.05, 0.1) is 12.2 Å². The Labute approximate surface area is 104 Å². The molecule has 3 nitrogen and oxygen atoms in total. The molecular weight excluding hydrogens is 213 g/mol. The SMILES string of the molecule is CC(C)C1OB(c2ccn(C)c2)OC1C(C)C. The van der Waals surface area contributed by atoms with Crippen LogP contribution in [0.3, 0.4) is 0 Å². The third kappa shape index (κ3) is 2.58. The first-order chi connectivity index (χ1) is 7.99. The Hall–Kier alpha value is -0.735. The number of hydrogen-bond acceptors (Lipinski definition) is 2. The van der Waals surface area contributed by atoms with E-state index in [9.17, 15) is 0 Å². The van der Waals surface area contributed by atoms with Crippen LogP contribution < -0.4 is 5.46 Å². The van der Waals surface area contributed by atoms with Crippen molar-refractivity contribution in [3.63, 3.8) is 0 Å². The van der Waals surface area contributed by atoms with Crippen LogP contribution in [-0.4, -0.2) is 23.9 Å². The molecule has 94 valence electrons. The maximum atomic E-state index is 6.06. The lowest BCUT2D eigenvalue weighted by Crippen LogP contribution is -2.32. The van der Waals surface area contributed by atoms with Crippen LogP contribution in [0, 0.1) is 11.8 Å². The second-order valence-corrected chi connectivity index (χ2v) is 5.63. The summed E-state index contributed by atoms with van der Waals surface area (Å²) in [5.41, 5.74) is 1.11. The molecule has 0 aliphatic carbocycles. The Morgan fingerprint density at radius 2 is 1.65 bits per heavy atom. The van der Waals surface area contributed by atoms with Gasteiger partial charge in [-0.05, 0) is 17.9 Å². The van der Waals surface area contributed by atoms with E-state index in [4.69, 9.17) is 9.31 Å². The topological polar surface area (TPSA) is 23.4 Å². The van der Waals surface area contributed by atoms with Crippen molar-refractivity contribution in [2.75, 3.05) is 0 Å². The van der Waals surface area contributed by atoms with Crippen LogP contribution in [0.15, 0.2) is 18.5 Å². The number of aryl methyl sites for hydroxylation is 1. The summed E-state index contributed by atoms with van der Waals surface area (Å²) in [6.07, 6.45) is 4.47. The Morgan fingerprint density at radius 3 is 2.00 bits per heavy atom. The molecule has 2 heterocycles. The van der Waals surface area contributed by atoms with Crippen molar-refractivity contribution in [2.45, 2.75) is 39.9 Å². The van der Waals surface area contributed by atoms with Crippen molar-refractivity contribution in [1.82, 2.24) is 4.57 Å². The molecule has 2 unspecified atom stereocenters.